The van der Waals surface area contributed by atoms with Gasteiger partial charge in [0.05, 0.1) is 28.8 Å². The van der Waals surface area contributed by atoms with E-state index in [4.69, 9.17) is 27.9 Å². The van der Waals surface area contributed by atoms with Gasteiger partial charge in [-0.2, -0.15) is 0 Å². The van der Waals surface area contributed by atoms with E-state index in [2.05, 4.69) is 4.90 Å². The fourth-order valence-electron chi connectivity index (χ4n) is 2.45. The van der Waals surface area contributed by atoms with Crippen LogP contribution in [-0.2, 0) is 4.74 Å². The van der Waals surface area contributed by atoms with Gasteiger partial charge in [0.2, 0.25) is 0 Å². The van der Waals surface area contributed by atoms with E-state index in [1.807, 2.05) is 12.1 Å². The second-order valence-corrected chi connectivity index (χ2v) is 5.26. The highest BCUT2D eigenvalue weighted by atomic mass is 35.5. The van der Waals surface area contributed by atoms with Gasteiger partial charge in [0.1, 0.15) is 0 Å². The third kappa shape index (κ3) is 2.81. The van der Waals surface area contributed by atoms with Crippen LogP contribution in [0.2, 0.25) is 10.0 Å². The van der Waals surface area contributed by atoms with E-state index in [0.717, 1.165) is 25.1 Å². The number of methoxy groups -OCH3 is 1. The van der Waals surface area contributed by atoms with Crippen molar-refractivity contribution in [1.82, 2.24) is 4.90 Å². The topological polar surface area (TPSA) is 32.7 Å². The summed E-state index contributed by atoms with van der Waals surface area (Å²) in [5.74, 6) is 0. The maximum absolute atomic E-state index is 10.1. The van der Waals surface area contributed by atoms with Crippen LogP contribution in [0.3, 0.4) is 0 Å². The van der Waals surface area contributed by atoms with Gasteiger partial charge >= 0.3 is 0 Å². The van der Waals surface area contributed by atoms with Crippen molar-refractivity contribution in [1.29, 1.82) is 0 Å². The predicted molar refractivity (Wildman–Crippen MR) is 73.3 cm³/mol. The SMILES string of the molecule is COCCN1CCC(O)C1c1cccc(Cl)c1Cl. The Morgan fingerprint density at radius 2 is 2.22 bits per heavy atom. The number of halogens is 2. The molecular formula is C13H17Cl2NO2. The first-order valence-corrected chi connectivity index (χ1v) is 6.75. The van der Waals surface area contributed by atoms with Crippen LogP contribution in [0, 0.1) is 0 Å². The zero-order valence-corrected chi connectivity index (χ0v) is 11.8. The zero-order chi connectivity index (χ0) is 13.1. The highest BCUT2D eigenvalue weighted by Crippen LogP contribution is 2.38. The summed E-state index contributed by atoms with van der Waals surface area (Å²) in [5.41, 5.74) is 0.894. The first-order chi connectivity index (χ1) is 8.65. The lowest BCUT2D eigenvalue weighted by Gasteiger charge is -2.27. The molecule has 0 saturated carbocycles. The molecule has 2 rings (SSSR count). The largest absolute Gasteiger partial charge is 0.391 e. The smallest absolute Gasteiger partial charge is 0.0749 e. The van der Waals surface area contributed by atoms with Gasteiger partial charge in [-0.25, -0.2) is 0 Å². The number of ether oxygens (including phenoxy) is 1. The predicted octanol–water partition coefficient (Wildman–Crippen LogP) is 2.75. The molecule has 1 fully saturated rings. The number of rotatable bonds is 4. The van der Waals surface area contributed by atoms with E-state index in [1.54, 1.807) is 13.2 Å². The highest BCUT2D eigenvalue weighted by molar-refractivity contribution is 6.42. The first-order valence-electron chi connectivity index (χ1n) is 6.00. The van der Waals surface area contributed by atoms with Crippen molar-refractivity contribution in [2.75, 3.05) is 26.8 Å². The molecule has 0 bridgehead atoms. The quantitative estimate of drug-likeness (QED) is 0.925. The molecule has 1 aromatic carbocycles. The van der Waals surface area contributed by atoms with Crippen LogP contribution in [-0.4, -0.2) is 42.9 Å². The minimum Gasteiger partial charge on any atom is -0.391 e. The molecular weight excluding hydrogens is 273 g/mol. The number of hydrogen-bond acceptors (Lipinski definition) is 3. The first kappa shape index (κ1) is 14.1. The Morgan fingerprint density at radius 1 is 1.44 bits per heavy atom. The third-order valence-electron chi connectivity index (χ3n) is 3.35. The van der Waals surface area contributed by atoms with Gasteiger partial charge in [0, 0.05) is 20.2 Å². The van der Waals surface area contributed by atoms with Crippen LogP contribution < -0.4 is 0 Å². The summed E-state index contributed by atoms with van der Waals surface area (Å²) >= 11 is 12.3. The Hall–Kier alpha value is -0.320. The van der Waals surface area contributed by atoms with Gasteiger partial charge in [-0.1, -0.05) is 35.3 Å². The molecule has 1 saturated heterocycles. The number of nitrogens with zero attached hydrogens (tertiary/aromatic N) is 1. The average molecular weight is 290 g/mol. The minimum absolute atomic E-state index is 0.0913. The lowest BCUT2D eigenvalue weighted by Crippen LogP contribution is -2.30. The van der Waals surface area contributed by atoms with Gasteiger partial charge in [-0.15, -0.1) is 0 Å². The van der Waals surface area contributed by atoms with E-state index >= 15 is 0 Å². The fourth-order valence-corrected chi connectivity index (χ4v) is 2.87. The molecule has 0 spiro atoms. The van der Waals surface area contributed by atoms with Crippen LogP contribution in [0.5, 0.6) is 0 Å². The molecule has 0 aliphatic carbocycles. The van der Waals surface area contributed by atoms with Gasteiger partial charge in [-0.3, -0.25) is 4.90 Å². The van der Waals surface area contributed by atoms with Crippen LogP contribution in [0.15, 0.2) is 18.2 Å². The third-order valence-corrected chi connectivity index (χ3v) is 4.19. The van der Waals surface area contributed by atoms with Gasteiger partial charge in [0.15, 0.2) is 0 Å². The summed E-state index contributed by atoms with van der Waals surface area (Å²) in [7, 11) is 1.67. The minimum atomic E-state index is -0.405. The Balaban J connectivity index is 2.25. The van der Waals surface area contributed by atoms with E-state index in [-0.39, 0.29) is 6.04 Å². The fraction of sp³-hybridized carbons (Fsp3) is 0.538. The summed E-state index contributed by atoms with van der Waals surface area (Å²) < 4.78 is 5.09. The summed E-state index contributed by atoms with van der Waals surface area (Å²) in [5, 5.41) is 11.2. The van der Waals surface area contributed by atoms with Crippen LogP contribution in [0.1, 0.15) is 18.0 Å². The molecule has 18 heavy (non-hydrogen) atoms. The maximum Gasteiger partial charge on any atom is 0.0749 e. The standard InChI is InChI=1S/C13H17Cl2NO2/c1-18-8-7-16-6-5-11(17)13(16)9-3-2-4-10(14)12(9)15/h2-4,11,13,17H,5-8H2,1H3. The normalized spacial score (nSPS) is 24.7. The molecule has 1 aliphatic heterocycles. The number of aliphatic hydroxyl groups excluding tert-OH is 1. The summed E-state index contributed by atoms with van der Waals surface area (Å²) in [6.45, 7) is 2.26. The second-order valence-electron chi connectivity index (χ2n) is 4.47. The van der Waals surface area contributed by atoms with Crippen LogP contribution in [0.4, 0.5) is 0 Å². The molecule has 2 atom stereocenters. The monoisotopic (exact) mass is 289 g/mol. The van der Waals surface area contributed by atoms with Crippen molar-refractivity contribution in [2.45, 2.75) is 18.6 Å². The molecule has 5 heteroatoms. The van der Waals surface area contributed by atoms with Gasteiger partial charge in [0.25, 0.3) is 0 Å². The Bertz CT molecular complexity index is 414. The zero-order valence-electron chi connectivity index (χ0n) is 10.3. The van der Waals surface area contributed by atoms with Crippen molar-refractivity contribution in [3.63, 3.8) is 0 Å². The number of aliphatic hydroxyl groups is 1. The van der Waals surface area contributed by atoms with E-state index in [1.165, 1.54) is 0 Å². The van der Waals surface area contributed by atoms with Crippen LogP contribution in [0.25, 0.3) is 0 Å². The number of hydrogen-bond donors (Lipinski definition) is 1. The lowest BCUT2D eigenvalue weighted by atomic mass is 10.0. The molecule has 0 radical (unpaired) electrons. The molecule has 0 aromatic heterocycles. The van der Waals surface area contributed by atoms with Crippen molar-refractivity contribution in [2.24, 2.45) is 0 Å². The van der Waals surface area contributed by atoms with Gasteiger partial charge in [-0.05, 0) is 18.1 Å². The average Bonchev–Trinajstić information content (AvgIpc) is 2.72. The molecule has 1 heterocycles. The van der Waals surface area contributed by atoms with Crippen molar-refractivity contribution < 1.29 is 9.84 Å². The molecule has 1 aromatic rings. The van der Waals surface area contributed by atoms with Crippen molar-refractivity contribution in [3.8, 4) is 0 Å². The summed E-state index contributed by atoms with van der Waals surface area (Å²) in [6.07, 6.45) is 0.342. The Labute approximate surface area is 117 Å². The van der Waals surface area contributed by atoms with E-state index < -0.39 is 6.10 Å². The van der Waals surface area contributed by atoms with E-state index in [9.17, 15) is 5.11 Å². The molecule has 0 amide bonds. The van der Waals surface area contributed by atoms with Crippen LogP contribution >= 0.6 is 23.2 Å². The van der Waals surface area contributed by atoms with Crippen molar-refractivity contribution in [3.05, 3.63) is 33.8 Å². The Kier molecular flexibility index (Phi) is 4.87. The summed E-state index contributed by atoms with van der Waals surface area (Å²) in [6, 6.07) is 5.45. The molecule has 2 unspecified atom stereocenters. The highest BCUT2D eigenvalue weighted by Gasteiger charge is 2.35. The molecule has 3 nitrogen and oxygen atoms in total. The van der Waals surface area contributed by atoms with Crippen molar-refractivity contribution >= 4 is 23.2 Å². The second kappa shape index (κ2) is 6.22. The number of benzene rings is 1. The summed E-state index contributed by atoms with van der Waals surface area (Å²) in [4.78, 5) is 2.19. The Morgan fingerprint density at radius 3 is 2.94 bits per heavy atom. The molecule has 1 N–H and O–H groups in total. The maximum atomic E-state index is 10.1. The van der Waals surface area contributed by atoms with Gasteiger partial charge < -0.3 is 9.84 Å². The molecule has 100 valence electrons. The lowest BCUT2D eigenvalue weighted by molar-refractivity contribution is 0.0935. The molecule has 1 aliphatic rings. The number of likely N-dealkylation sites (tertiary alicyclic amines) is 1. The van der Waals surface area contributed by atoms with E-state index in [0.29, 0.717) is 16.7 Å².